The van der Waals surface area contributed by atoms with Crippen molar-refractivity contribution in [1.29, 1.82) is 0 Å². The Bertz CT molecular complexity index is 602. The Balaban J connectivity index is 1.69. The smallest absolute Gasteiger partial charge is 0.264 e. The van der Waals surface area contributed by atoms with Crippen molar-refractivity contribution in [2.24, 2.45) is 4.99 Å². The van der Waals surface area contributed by atoms with Gasteiger partial charge < -0.3 is 10.1 Å². The molecule has 1 saturated heterocycles. The van der Waals surface area contributed by atoms with Gasteiger partial charge in [0.25, 0.3) is 5.91 Å². The van der Waals surface area contributed by atoms with Gasteiger partial charge in [0.15, 0.2) is 5.17 Å². The summed E-state index contributed by atoms with van der Waals surface area (Å²) in [4.78, 5) is 17.4. The summed E-state index contributed by atoms with van der Waals surface area (Å²) >= 11 is 1.43. The molecule has 1 saturated carbocycles. The molecule has 116 valence electrons. The van der Waals surface area contributed by atoms with Crippen molar-refractivity contribution in [1.82, 2.24) is 5.32 Å². The zero-order chi connectivity index (χ0) is 15.4. The van der Waals surface area contributed by atoms with Gasteiger partial charge in [0.2, 0.25) is 0 Å². The number of amides is 1. The molecule has 5 heteroatoms. The lowest BCUT2D eigenvalue weighted by molar-refractivity contribution is -0.115. The number of ether oxygens (including phenoxy) is 1. The van der Waals surface area contributed by atoms with Crippen LogP contribution in [0.5, 0.6) is 5.75 Å². The quantitative estimate of drug-likeness (QED) is 0.864. The molecule has 3 rings (SSSR count). The van der Waals surface area contributed by atoms with Crippen LogP contribution in [0.2, 0.25) is 0 Å². The minimum atomic E-state index is -0.0596. The van der Waals surface area contributed by atoms with Crippen molar-refractivity contribution >= 4 is 28.9 Å². The second kappa shape index (κ2) is 7.01. The number of amidine groups is 1. The Morgan fingerprint density at radius 2 is 2.05 bits per heavy atom. The number of thioether (sulfide) groups is 1. The average molecular weight is 316 g/mol. The molecule has 0 aromatic heterocycles. The molecule has 1 aliphatic carbocycles. The predicted molar refractivity (Wildman–Crippen MR) is 91.0 cm³/mol. The Labute approximate surface area is 135 Å². The van der Waals surface area contributed by atoms with Gasteiger partial charge in [0.1, 0.15) is 5.75 Å². The van der Waals surface area contributed by atoms with Crippen LogP contribution in [-0.4, -0.2) is 23.7 Å². The van der Waals surface area contributed by atoms with Gasteiger partial charge in [-0.2, -0.15) is 0 Å². The van der Waals surface area contributed by atoms with E-state index in [0.29, 0.717) is 17.6 Å². The number of aliphatic imine (C=N–C) groups is 1. The first kappa shape index (κ1) is 15.2. The zero-order valence-electron chi connectivity index (χ0n) is 12.7. The summed E-state index contributed by atoms with van der Waals surface area (Å²) < 4.78 is 5.42. The van der Waals surface area contributed by atoms with E-state index >= 15 is 0 Å². The van der Waals surface area contributed by atoms with Crippen molar-refractivity contribution in [3.8, 4) is 5.75 Å². The van der Waals surface area contributed by atoms with E-state index in [1.165, 1.54) is 24.6 Å². The van der Waals surface area contributed by atoms with Crippen molar-refractivity contribution < 1.29 is 9.53 Å². The molecule has 0 atom stereocenters. The van der Waals surface area contributed by atoms with Crippen LogP contribution in [0.4, 0.5) is 0 Å². The normalized spacial score (nSPS) is 22.5. The van der Waals surface area contributed by atoms with Gasteiger partial charge in [0, 0.05) is 0 Å². The van der Waals surface area contributed by atoms with Crippen LogP contribution in [0.3, 0.4) is 0 Å². The Morgan fingerprint density at radius 3 is 2.73 bits per heavy atom. The number of nitrogens with one attached hydrogen (secondary N) is 1. The highest BCUT2D eigenvalue weighted by Gasteiger charge is 2.25. The monoisotopic (exact) mass is 316 g/mol. The summed E-state index contributed by atoms with van der Waals surface area (Å²) in [6, 6.07) is 8.13. The number of hydrogen-bond donors (Lipinski definition) is 1. The van der Waals surface area contributed by atoms with E-state index in [-0.39, 0.29) is 5.91 Å². The fourth-order valence-corrected chi connectivity index (χ4v) is 3.56. The van der Waals surface area contributed by atoms with Gasteiger partial charge >= 0.3 is 0 Å². The number of benzene rings is 1. The first-order valence-electron chi connectivity index (χ1n) is 7.76. The number of carbonyl (C=O) groups is 1. The molecule has 1 aliphatic heterocycles. The van der Waals surface area contributed by atoms with Crippen LogP contribution in [0.15, 0.2) is 34.2 Å². The van der Waals surface area contributed by atoms with Crippen molar-refractivity contribution in [2.45, 2.75) is 38.6 Å². The molecule has 2 fully saturated rings. The van der Waals surface area contributed by atoms with Crippen LogP contribution < -0.4 is 10.1 Å². The minimum Gasteiger partial charge on any atom is -0.494 e. The highest BCUT2D eigenvalue weighted by molar-refractivity contribution is 8.18. The topological polar surface area (TPSA) is 50.7 Å². The fraction of sp³-hybridized carbons (Fsp3) is 0.412. The molecule has 0 radical (unpaired) electrons. The largest absolute Gasteiger partial charge is 0.494 e. The van der Waals surface area contributed by atoms with Crippen LogP contribution in [0, 0.1) is 0 Å². The van der Waals surface area contributed by atoms with Crippen LogP contribution >= 0.6 is 11.8 Å². The molecule has 1 heterocycles. The highest BCUT2D eigenvalue weighted by Crippen LogP contribution is 2.29. The van der Waals surface area contributed by atoms with E-state index in [1.54, 1.807) is 0 Å². The second-order valence-electron chi connectivity index (χ2n) is 5.44. The molecule has 1 aromatic carbocycles. The number of carbonyl (C=O) groups excluding carboxylic acids is 1. The molecule has 1 aromatic rings. The first-order chi connectivity index (χ1) is 10.7. The molecule has 1 amide bonds. The first-order valence-corrected chi connectivity index (χ1v) is 8.58. The van der Waals surface area contributed by atoms with Crippen LogP contribution in [0.1, 0.15) is 38.2 Å². The van der Waals surface area contributed by atoms with E-state index in [9.17, 15) is 4.79 Å². The molecular weight excluding hydrogens is 296 g/mol. The summed E-state index contributed by atoms with van der Waals surface area (Å²) in [6.07, 6.45) is 6.66. The van der Waals surface area contributed by atoms with Gasteiger partial charge in [-0.05, 0) is 55.3 Å². The van der Waals surface area contributed by atoms with E-state index in [4.69, 9.17) is 4.74 Å². The minimum absolute atomic E-state index is 0.0596. The summed E-state index contributed by atoms with van der Waals surface area (Å²) in [5.74, 6) is 0.785. The zero-order valence-corrected chi connectivity index (χ0v) is 13.5. The van der Waals surface area contributed by atoms with E-state index < -0.39 is 0 Å². The molecule has 0 bridgehead atoms. The van der Waals surface area contributed by atoms with Gasteiger partial charge in [-0.3, -0.25) is 9.79 Å². The third-order valence-electron chi connectivity index (χ3n) is 3.76. The maximum atomic E-state index is 12.0. The SMILES string of the molecule is CCOc1ccc(/C=C2\SC(=NC3CCCC3)NC2=O)cc1. The third kappa shape index (κ3) is 3.71. The standard InChI is InChI=1S/C17H20N2O2S/c1-2-21-14-9-7-12(8-10-14)11-15-16(20)19-17(22-15)18-13-5-3-4-6-13/h7-11,13H,2-6H2,1H3,(H,18,19,20)/b15-11-. The average Bonchev–Trinajstić information content (AvgIpc) is 3.12. The van der Waals surface area contributed by atoms with E-state index in [0.717, 1.165) is 29.3 Å². The Morgan fingerprint density at radius 1 is 1.32 bits per heavy atom. The summed E-state index contributed by atoms with van der Waals surface area (Å²) in [6.45, 7) is 2.61. The van der Waals surface area contributed by atoms with E-state index in [2.05, 4.69) is 10.3 Å². The lowest BCUT2D eigenvalue weighted by atomic mass is 10.2. The number of rotatable bonds is 4. The fourth-order valence-electron chi connectivity index (χ4n) is 2.67. The van der Waals surface area contributed by atoms with Crippen LogP contribution in [0.25, 0.3) is 6.08 Å². The predicted octanol–water partition coefficient (Wildman–Crippen LogP) is 3.59. The van der Waals surface area contributed by atoms with Gasteiger partial charge in [-0.25, -0.2) is 0 Å². The molecular formula is C17H20N2O2S. The molecule has 2 aliphatic rings. The Hall–Kier alpha value is -1.75. The van der Waals surface area contributed by atoms with Crippen molar-refractivity contribution in [3.05, 3.63) is 34.7 Å². The van der Waals surface area contributed by atoms with Gasteiger partial charge in [-0.15, -0.1) is 0 Å². The maximum Gasteiger partial charge on any atom is 0.264 e. The lowest BCUT2D eigenvalue weighted by Gasteiger charge is -2.02. The highest BCUT2D eigenvalue weighted by atomic mass is 32.2. The van der Waals surface area contributed by atoms with Crippen LogP contribution in [-0.2, 0) is 4.79 Å². The van der Waals surface area contributed by atoms with Crippen molar-refractivity contribution in [3.63, 3.8) is 0 Å². The molecule has 0 unspecified atom stereocenters. The maximum absolute atomic E-state index is 12.0. The van der Waals surface area contributed by atoms with E-state index in [1.807, 2.05) is 37.3 Å². The van der Waals surface area contributed by atoms with Gasteiger partial charge in [-0.1, -0.05) is 25.0 Å². The van der Waals surface area contributed by atoms with Gasteiger partial charge in [0.05, 0.1) is 17.6 Å². The number of nitrogens with zero attached hydrogens (tertiary/aromatic N) is 1. The molecule has 4 nitrogen and oxygen atoms in total. The third-order valence-corrected chi connectivity index (χ3v) is 4.69. The Kier molecular flexibility index (Phi) is 4.83. The summed E-state index contributed by atoms with van der Waals surface area (Å²) in [5.41, 5.74) is 0.989. The second-order valence-corrected chi connectivity index (χ2v) is 6.47. The van der Waals surface area contributed by atoms with Crippen molar-refractivity contribution in [2.75, 3.05) is 6.61 Å². The molecule has 1 N–H and O–H groups in total. The number of hydrogen-bond acceptors (Lipinski definition) is 4. The molecule has 22 heavy (non-hydrogen) atoms. The molecule has 0 spiro atoms. The lowest BCUT2D eigenvalue weighted by Crippen LogP contribution is -2.21. The summed E-state index contributed by atoms with van der Waals surface area (Å²) in [7, 11) is 0. The summed E-state index contributed by atoms with van der Waals surface area (Å²) in [5, 5.41) is 3.61.